The third kappa shape index (κ3) is 2.31. The summed E-state index contributed by atoms with van der Waals surface area (Å²) in [6.45, 7) is 0.169. The van der Waals surface area contributed by atoms with Gasteiger partial charge in [0.25, 0.3) is 0 Å². The van der Waals surface area contributed by atoms with Gasteiger partial charge in [-0.3, -0.25) is 4.99 Å². The number of benzene rings is 1. The summed E-state index contributed by atoms with van der Waals surface area (Å²) in [6.07, 6.45) is -0.406. The minimum Gasteiger partial charge on any atom is -0.508 e. The van der Waals surface area contributed by atoms with Crippen LogP contribution in [-0.2, 0) is 16.0 Å². The first-order valence-electron chi connectivity index (χ1n) is 4.86. The monoisotopic (exact) mass is 221 g/mol. The van der Waals surface area contributed by atoms with E-state index in [1.165, 1.54) is 0 Å². The number of nitrogens with zero attached hydrogens (tertiary/aromatic N) is 1. The minimum absolute atomic E-state index is 0.169. The average molecular weight is 221 g/mol. The molecule has 1 aromatic rings. The molecule has 16 heavy (non-hydrogen) atoms. The van der Waals surface area contributed by atoms with Crippen molar-refractivity contribution in [1.82, 2.24) is 0 Å². The molecule has 5 nitrogen and oxygen atoms in total. The topological polar surface area (TPSA) is 79.1 Å². The fourth-order valence-electron chi connectivity index (χ4n) is 1.44. The van der Waals surface area contributed by atoms with E-state index >= 15 is 0 Å². The Balaban J connectivity index is 1.97. The third-order valence-electron chi connectivity index (χ3n) is 2.28. The maximum Gasteiger partial charge on any atom is 0.346 e. The van der Waals surface area contributed by atoms with E-state index in [0.29, 0.717) is 12.3 Å². The fraction of sp³-hybridized carbons (Fsp3) is 0.273. The first-order chi connectivity index (χ1) is 7.65. The van der Waals surface area contributed by atoms with Crippen molar-refractivity contribution in [3.8, 4) is 5.75 Å². The SMILES string of the molecule is O=C(O)C1CN=C(Cc2ccc(O)cc2)O1. The van der Waals surface area contributed by atoms with Gasteiger partial charge < -0.3 is 14.9 Å². The number of carboxylic acids is 1. The van der Waals surface area contributed by atoms with Crippen molar-refractivity contribution in [3.63, 3.8) is 0 Å². The van der Waals surface area contributed by atoms with Crippen LogP contribution in [0.1, 0.15) is 5.56 Å². The van der Waals surface area contributed by atoms with Crippen molar-refractivity contribution in [3.05, 3.63) is 29.8 Å². The van der Waals surface area contributed by atoms with Gasteiger partial charge in [-0.15, -0.1) is 0 Å². The van der Waals surface area contributed by atoms with E-state index < -0.39 is 12.1 Å². The van der Waals surface area contributed by atoms with Crippen LogP contribution in [0, 0.1) is 0 Å². The maximum absolute atomic E-state index is 10.6. The molecule has 0 spiro atoms. The van der Waals surface area contributed by atoms with E-state index in [2.05, 4.69) is 4.99 Å². The summed E-state index contributed by atoms with van der Waals surface area (Å²) >= 11 is 0. The quantitative estimate of drug-likeness (QED) is 0.791. The van der Waals surface area contributed by atoms with Crippen LogP contribution >= 0.6 is 0 Å². The molecule has 0 saturated heterocycles. The van der Waals surface area contributed by atoms with Gasteiger partial charge in [-0.1, -0.05) is 12.1 Å². The van der Waals surface area contributed by atoms with Gasteiger partial charge in [-0.25, -0.2) is 4.79 Å². The molecule has 2 rings (SSSR count). The van der Waals surface area contributed by atoms with Crippen molar-refractivity contribution in [1.29, 1.82) is 0 Å². The van der Waals surface area contributed by atoms with Crippen molar-refractivity contribution in [2.45, 2.75) is 12.5 Å². The number of aliphatic carboxylic acids is 1. The highest BCUT2D eigenvalue weighted by atomic mass is 16.5. The molecule has 0 aromatic heterocycles. The van der Waals surface area contributed by atoms with Crippen LogP contribution in [0.2, 0.25) is 0 Å². The Bertz CT molecular complexity index is 424. The summed E-state index contributed by atoms with van der Waals surface area (Å²) < 4.78 is 5.14. The molecule has 1 aliphatic rings. The second kappa shape index (κ2) is 4.22. The zero-order chi connectivity index (χ0) is 11.5. The van der Waals surface area contributed by atoms with Crippen LogP contribution in [0.4, 0.5) is 0 Å². The van der Waals surface area contributed by atoms with E-state index in [0.717, 1.165) is 5.56 Å². The lowest BCUT2D eigenvalue weighted by Crippen LogP contribution is -2.24. The maximum atomic E-state index is 10.6. The second-order valence-electron chi connectivity index (χ2n) is 3.52. The number of rotatable bonds is 3. The number of carbonyl (C=O) groups is 1. The van der Waals surface area contributed by atoms with Gasteiger partial charge in [0.05, 0.1) is 6.54 Å². The number of hydrogen-bond donors (Lipinski definition) is 2. The summed E-state index contributed by atoms with van der Waals surface area (Å²) in [6, 6.07) is 6.63. The predicted molar refractivity (Wildman–Crippen MR) is 56.6 cm³/mol. The summed E-state index contributed by atoms with van der Waals surface area (Å²) in [4.78, 5) is 14.6. The van der Waals surface area contributed by atoms with E-state index in [1.54, 1.807) is 24.3 Å². The fourth-order valence-corrected chi connectivity index (χ4v) is 1.44. The molecule has 0 fully saturated rings. The number of aromatic hydroxyl groups is 1. The molecule has 0 aliphatic carbocycles. The molecule has 2 N–H and O–H groups in total. The standard InChI is InChI=1S/C11H11NO4/c13-8-3-1-7(2-4-8)5-10-12-6-9(16-10)11(14)15/h1-4,9,13H,5-6H2,(H,14,15). The van der Waals surface area contributed by atoms with Gasteiger partial charge in [0.2, 0.25) is 6.10 Å². The average Bonchev–Trinajstić information content (AvgIpc) is 2.70. The highest BCUT2D eigenvalue weighted by molar-refractivity contribution is 5.85. The predicted octanol–water partition coefficient (Wildman–Crippen LogP) is 0.817. The van der Waals surface area contributed by atoms with Gasteiger partial charge in [-0.2, -0.15) is 0 Å². The Labute approximate surface area is 92.0 Å². The molecular weight excluding hydrogens is 210 g/mol. The van der Waals surface area contributed by atoms with Crippen molar-refractivity contribution in [2.75, 3.05) is 6.54 Å². The van der Waals surface area contributed by atoms with Crippen LogP contribution in [0.25, 0.3) is 0 Å². The van der Waals surface area contributed by atoms with Crippen LogP contribution in [0.3, 0.4) is 0 Å². The molecule has 0 radical (unpaired) electrons. The van der Waals surface area contributed by atoms with Crippen molar-refractivity contribution < 1.29 is 19.7 Å². The van der Waals surface area contributed by atoms with Gasteiger partial charge in [-0.05, 0) is 17.7 Å². The number of aliphatic imine (C=N–C) groups is 1. The molecule has 84 valence electrons. The number of phenolic OH excluding ortho intramolecular Hbond substituents is 1. The van der Waals surface area contributed by atoms with Crippen LogP contribution in [0.15, 0.2) is 29.3 Å². The summed E-state index contributed by atoms with van der Waals surface area (Å²) in [5.41, 5.74) is 0.919. The van der Waals surface area contributed by atoms with E-state index in [4.69, 9.17) is 14.9 Å². The smallest absolute Gasteiger partial charge is 0.346 e. The van der Waals surface area contributed by atoms with Crippen LogP contribution in [0.5, 0.6) is 5.75 Å². The molecule has 5 heteroatoms. The number of carboxylic acid groups (broad SMARTS) is 1. The van der Waals surface area contributed by atoms with E-state index in [9.17, 15) is 4.79 Å². The Morgan fingerprint density at radius 3 is 2.69 bits per heavy atom. The number of phenols is 1. The Morgan fingerprint density at radius 1 is 1.44 bits per heavy atom. The van der Waals surface area contributed by atoms with E-state index in [1.807, 2.05) is 0 Å². The summed E-state index contributed by atoms with van der Waals surface area (Å²) in [5, 5.41) is 17.8. The molecule has 1 aliphatic heterocycles. The van der Waals surface area contributed by atoms with Gasteiger partial charge in [0, 0.05) is 6.42 Å². The van der Waals surface area contributed by atoms with Crippen LogP contribution in [-0.4, -0.2) is 34.7 Å². The largest absolute Gasteiger partial charge is 0.508 e. The van der Waals surface area contributed by atoms with Gasteiger partial charge in [0.1, 0.15) is 5.75 Å². The number of ether oxygens (including phenoxy) is 1. The molecule has 1 unspecified atom stereocenters. The highest BCUT2D eigenvalue weighted by Gasteiger charge is 2.26. The lowest BCUT2D eigenvalue weighted by Gasteiger charge is -2.06. The minimum atomic E-state index is -0.996. The Morgan fingerprint density at radius 2 is 2.12 bits per heavy atom. The molecule has 1 atom stereocenters. The molecule has 1 aromatic carbocycles. The first kappa shape index (κ1) is 10.5. The normalized spacial score (nSPS) is 19.0. The van der Waals surface area contributed by atoms with Crippen LogP contribution < -0.4 is 0 Å². The Kier molecular flexibility index (Phi) is 2.76. The number of hydrogen-bond acceptors (Lipinski definition) is 4. The Hall–Kier alpha value is -2.04. The molecule has 0 saturated carbocycles. The molecule has 0 bridgehead atoms. The first-order valence-corrected chi connectivity index (χ1v) is 4.86. The lowest BCUT2D eigenvalue weighted by atomic mass is 10.1. The lowest BCUT2D eigenvalue weighted by molar-refractivity contribution is -0.144. The molecule has 0 amide bonds. The molecule has 1 heterocycles. The van der Waals surface area contributed by atoms with E-state index in [-0.39, 0.29) is 12.3 Å². The van der Waals surface area contributed by atoms with Gasteiger partial charge in [0.15, 0.2) is 5.90 Å². The highest BCUT2D eigenvalue weighted by Crippen LogP contribution is 2.13. The van der Waals surface area contributed by atoms with Crippen molar-refractivity contribution in [2.24, 2.45) is 4.99 Å². The molecular formula is C11H11NO4. The van der Waals surface area contributed by atoms with Gasteiger partial charge >= 0.3 is 5.97 Å². The zero-order valence-electron chi connectivity index (χ0n) is 8.46. The van der Waals surface area contributed by atoms with Crippen molar-refractivity contribution >= 4 is 11.9 Å². The summed E-state index contributed by atoms with van der Waals surface area (Å²) in [7, 11) is 0. The zero-order valence-corrected chi connectivity index (χ0v) is 8.46. The second-order valence-corrected chi connectivity index (χ2v) is 3.52. The summed E-state index contributed by atoms with van der Waals surface area (Å²) in [5.74, 6) is -0.371. The third-order valence-corrected chi connectivity index (χ3v) is 2.28.